The number of guanidine groups is 1. The number of rotatable bonds is 1. The molecule has 2 atom stereocenters. The molecule has 124 valence electrons. The number of benzene rings is 1. The highest BCUT2D eigenvalue weighted by atomic mass is 35.5. The van der Waals surface area contributed by atoms with E-state index in [4.69, 9.17) is 26.6 Å². The van der Waals surface area contributed by atoms with Crippen LogP contribution in [0.5, 0.6) is 0 Å². The number of nitrogens with zero attached hydrogens (tertiary/aromatic N) is 5. The summed E-state index contributed by atoms with van der Waals surface area (Å²) in [6.45, 7) is 4.30. The summed E-state index contributed by atoms with van der Waals surface area (Å²) < 4.78 is 0. The molecule has 0 fully saturated rings. The van der Waals surface area contributed by atoms with Gasteiger partial charge in [-0.25, -0.2) is 4.99 Å². The zero-order valence-electron chi connectivity index (χ0n) is 14.6. The molecule has 5 nitrogen and oxygen atoms in total. The monoisotopic (exact) mass is 333 g/mol. The molecule has 1 aliphatic rings. The standard InChI is InChI=1S/C17H24ClN5/c1-11-12(2)16(22(3)4)21-17(23(5)6)20-15(11)19-14-9-7-13(18)8-10-14/h7-12H,1-6H3. The van der Waals surface area contributed by atoms with Crippen LogP contribution in [0.3, 0.4) is 0 Å². The van der Waals surface area contributed by atoms with Gasteiger partial charge in [-0.3, -0.25) is 0 Å². The SMILES string of the molecule is CC1C(=Nc2ccc(Cl)cc2)N=C(N(C)C)N=C(N(C)C)C1C. The number of aliphatic imine (C=N–C) groups is 3. The molecule has 0 radical (unpaired) electrons. The summed E-state index contributed by atoms with van der Waals surface area (Å²) in [6.07, 6.45) is 0. The summed E-state index contributed by atoms with van der Waals surface area (Å²) in [5.74, 6) is 2.83. The van der Waals surface area contributed by atoms with Crippen LogP contribution >= 0.6 is 11.6 Å². The average molecular weight is 334 g/mol. The van der Waals surface area contributed by atoms with Gasteiger partial charge in [-0.05, 0) is 24.3 Å². The first-order valence-electron chi connectivity index (χ1n) is 7.65. The van der Waals surface area contributed by atoms with Gasteiger partial charge in [-0.1, -0.05) is 25.4 Å². The molecule has 1 aliphatic heterocycles. The van der Waals surface area contributed by atoms with Crippen molar-refractivity contribution in [3.63, 3.8) is 0 Å². The highest BCUT2D eigenvalue weighted by Gasteiger charge is 2.28. The number of hydrogen-bond acceptors (Lipinski definition) is 4. The van der Waals surface area contributed by atoms with Gasteiger partial charge in [-0.15, -0.1) is 0 Å². The van der Waals surface area contributed by atoms with E-state index in [9.17, 15) is 0 Å². The molecule has 0 N–H and O–H groups in total. The van der Waals surface area contributed by atoms with E-state index >= 15 is 0 Å². The molecular formula is C17H24ClN5. The fourth-order valence-electron chi connectivity index (χ4n) is 2.36. The van der Waals surface area contributed by atoms with Crippen LogP contribution in [0, 0.1) is 11.8 Å². The molecule has 6 heteroatoms. The minimum absolute atomic E-state index is 0.157. The third-order valence-corrected chi connectivity index (χ3v) is 4.17. The number of amidine groups is 2. The smallest absolute Gasteiger partial charge is 0.228 e. The van der Waals surface area contributed by atoms with Gasteiger partial charge in [0.1, 0.15) is 11.7 Å². The van der Waals surface area contributed by atoms with Crippen LogP contribution in [0.15, 0.2) is 39.2 Å². The second-order valence-electron chi connectivity index (χ2n) is 6.19. The van der Waals surface area contributed by atoms with Gasteiger partial charge < -0.3 is 9.80 Å². The fourth-order valence-corrected chi connectivity index (χ4v) is 2.49. The van der Waals surface area contributed by atoms with E-state index < -0.39 is 0 Å². The summed E-state index contributed by atoms with van der Waals surface area (Å²) in [5, 5.41) is 0.701. The van der Waals surface area contributed by atoms with E-state index in [0.29, 0.717) is 11.0 Å². The number of halogens is 1. The Balaban J connectivity index is 2.48. The van der Waals surface area contributed by atoms with Gasteiger partial charge in [0.05, 0.1) is 5.69 Å². The molecule has 1 heterocycles. The largest absolute Gasteiger partial charge is 0.366 e. The van der Waals surface area contributed by atoms with Crippen LogP contribution in [-0.2, 0) is 0 Å². The highest BCUT2D eigenvalue weighted by molar-refractivity contribution is 6.30. The Hall–Kier alpha value is -1.88. The van der Waals surface area contributed by atoms with Crippen LogP contribution in [0.4, 0.5) is 5.69 Å². The molecule has 0 saturated carbocycles. The molecule has 1 aromatic rings. The lowest BCUT2D eigenvalue weighted by atomic mass is 9.93. The van der Waals surface area contributed by atoms with Crippen molar-refractivity contribution < 1.29 is 0 Å². The van der Waals surface area contributed by atoms with Gasteiger partial charge >= 0.3 is 0 Å². The van der Waals surface area contributed by atoms with Crippen molar-refractivity contribution in [2.45, 2.75) is 13.8 Å². The van der Waals surface area contributed by atoms with Crippen molar-refractivity contribution in [2.24, 2.45) is 26.8 Å². The third kappa shape index (κ3) is 4.10. The molecule has 0 bridgehead atoms. The molecule has 0 saturated heterocycles. The van der Waals surface area contributed by atoms with Crippen LogP contribution in [0.1, 0.15) is 13.8 Å². The Morgan fingerprint density at radius 3 is 2.04 bits per heavy atom. The lowest BCUT2D eigenvalue weighted by molar-refractivity contribution is 0.517. The van der Waals surface area contributed by atoms with E-state index in [1.807, 2.05) is 62.3 Å². The maximum Gasteiger partial charge on any atom is 0.228 e. The molecular weight excluding hydrogens is 310 g/mol. The molecule has 0 spiro atoms. The average Bonchev–Trinajstić information content (AvgIpc) is 2.61. The molecule has 1 aromatic carbocycles. The first-order valence-corrected chi connectivity index (χ1v) is 8.03. The maximum absolute atomic E-state index is 5.94. The third-order valence-electron chi connectivity index (χ3n) is 3.92. The zero-order valence-corrected chi connectivity index (χ0v) is 15.3. The normalized spacial score (nSPS) is 23.2. The van der Waals surface area contributed by atoms with Crippen molar-refractivity contribution in [3.8, 4) is 0 Å². The summed E-state index contributed by atoms with van der Waals surface area (Å²) in [7, 11) is 7.90. The van der Waals surface area contributed by atoms with Crippen LogP contribution in [-0.4, -0.2) is 55.6 Å². The van der Waals surface area contributed by atoms with E-state index in [2.05, 4.69) is 13.8 Å². The molecule has 0 aliphatic carbocycles. The van der Waals surface area contributed by atoms with Gasteiger partial charge in [0, 0.05) is 45.0 Å². The summed E-state index contributed by atoms with van der Waals surface area (Å²) in [4.78, 5) is 18.1. The molecule has 2 rings (SSSR count). The summed E-state index contributed by atoms with van der Waals surface area (Å²) in [6, 6.07) is 7.47. The molecule has 0 aromatic heterocycles. The second kappa shape index (κ2) is 7.13. The second-order valence-corrected chi connectivity index (χ2v) is 6.63. The molecule has 2 unspecified atom stereocenters. The Bertz CT molecular complexity index is 643. The van der Waals surface area contributed by atoms with Crippen molar-refractivity contribution in [1.82, 2.24) is 9.80 Å². The lowest BCUT2D eigenvalue weighted by Gasteiger charge is -2.24. The van der Waals surface area contributed by atoms with E-state index in [1.165, 1.54) is 0 Å². The quantitative estimate of drug-likeness (QED) is 0.789. The van der Waals surface area contributed by atoms with Crippen molar-refractivity contribution in [3.05, 3.63) is 29.3 Å². The highest BCUT2D eigenvalue weighted by Crippen LogP contribution is 2.24. The van der Waals surface area contributed by atoms with E-state index in [1.54, 1.807) is 0 Å². The maximum atomic E-state index is 5.94. The van der Waals surface area contributed by atoms with Gasteiger partial charge in [-0.2, -0.15) is 9.98 Å². The molecule has 23 heavy (non-hydrogen) atoms. The van der Waals surface area contributed by atoms with E-state index in [-0.39, 0.29) is 11.8 Å². The first-order chi connectivity index (χ1) is 10.8. The number of hydrogen-bond donors (Lipinski definition) is 0. The van der Waals surface area contributed by atoms with Crippen molar-refractivity contribution in [2.75, 3.05) is 28.2 Å². The Morgan fingerprint density at radius 2 is 1.52 bits per heavy atom. The predicted octanol–water partition coefficient (Wildman–Crippen LogP) is 3.53. The van der Waals surface area contributed by atoms with Crippen LogP contribution in [0.25, 0.3) is 0 Å². The molecule has 0 amide bonds. The van der Waals surface area contributed by atoms with E-state index in [0.717, 1.165) is 17.4 Å². The Kier molecular flexibility index (Phi) is 5.42. The summed E-state index contributed by atoms with van der Waals surface area (Å²) in [5.41, 5.74) is 0.846. The lowest BCUT2D eigenvalue weighted by Crippen LogP contribution is -2.34. The minimum Gasteiger partial charge on any atom is -0.366 e. The van der Waals surface area contributed by atoms with Crippen LogP contribution in [0.2, 0.25) is 5.02 Å². The predicted molar refractivity (Wildman–Crippen MR) is 99.1 cm³/mol. The topological polar surface area (TPSA) is 43.6 Å². The van der Waals surface area contributed by atoms with Gasteiger partial charge in [0.25, 0.3) is 0 Å². The Labute approximate surface area is 143 Å². The zero-order chi connectivity index (χ0) is 17.1. The van der Waals surface area contributed by atoms with Crippen molar-refractivity contribution in [1.29, 1.82) is 0 Å². The van der Waals surface area contributed by atoms with Gasteiger partial charge in [0.15, 0.2) is 0 Å². The van der Waals surface area contributed by atoms with Crippen LogP contribution < -0.4 is 0 Å². The Morgan fingerprint density at radius 1 is 0.913 bits per heavy atom. The van der Waals surface area contributed by atoms with Crippen molar-refractivity contribution >= 4 is 34.9 Å². The summed E-state index contributed by atoms with van der Waals surface area (Å²) >= 11 is 5.94. The first kappa shape index (κ1) is 17.5. The van der Waals surface area contributed by atoms with Gasteiger partial charge in [0.2, 0.25) is 5.96 Å². The fraction of sp³-hybridized carbons (Fsp3) is 0.471. The minimum atomic E-state index is 0.157.